The van der Waals surface area contributed by atoms with E-state index in [1.165, 1.54) is 19.3 Å². The number of hydrogen-bond acceptors (Lipinski definition) is 7. The van der Waals surface area contributed by atoms with Gasteiger partial charge in [-0.25, -0.2) is 13.2 Å². The number of rotatable bonds is 13. The molecule has 3 atom stereocenters. The summed E-state index contributed by atoms with van der Waals surface area (Å²) >= 11 is 3.53. The monoisotopic (exact) mass is 646 g/mol. The summed E-state index contributed by atoms with van der Waals surface area (Å²) in [5.74, 6) is -1.49. The second-order valence-corrected chi connectivity index (χ2v) is 14.4. The van der Waals surface area contributed by atoms with Gasteiger partial charge >= 0.3 is 5.97 Å². The lowest BCUT2D eigenvalue weighted by molar-refractivity contribution is -0.139. The Labute approximate surface area is 269 Å². The molecule has 2 aliphatic rings. The Morgan fingerprint density at radius 3 is 2.43 bits per heavy atom. The number of carboxylic acid groups (broad SMARTS) is 1. The number of hydrogen-bond donors (Lipinski definition) is 3. The highest BCUT2D eigenvalue weighted by atomic mass is 32.2. The molecule has 1 amide bonds. The molecule has 44 heavy (non-hydrogen) atoms. The highest BCUT2D eigenvalue weighted by Crippen LogP contribution is 2.32. The molecule has 0 spiro atoms. The van der Waals surface area contributed by atoms with E-state index in [1.54, 1.807) is 12.3 Å². The van der Waals surface area contributed by atoms with Gasteiger partial charge in [-0.1, -0.05) is 62.9 Å². The van der Waals surface area contributed by atoms with E-state index >= 15 is 0 Å². The van der Waals surface area contributed by atoms with Gasteiger partial charge in [0.25, 0.3) is 5.91 Å². The summed E-state index contributed by atoms with van der Waals surface area (Å²) in [6.07, 6.45) is 11.3. The average molecular weight is 647 g/mol. The van der Waals surface area contributed by atoms with E-state index in [4.69, 9.17) is 4.74 Å². The number of benzene rings is 2. The van der Waals surface area contributed by atoms with Crippen LogP contribution in [0.5, 0.6) is 0 Å². The third-order valence-electron chi connectivity index (χ3n) is 8.80. The number of amides is 1. The van der Waals surface area contributed by atoms with Crippen molar-refractivity contribution >= 4 is 34.3 Å². The maximum atomic E-state index is 13.5. The first-order valence-corrected chi connectivity index (χ1v) is 18.7. The van der Waals surface area contributed by atoms with Crippen molar-refractivity contribution in [3.05, 3.63) is 59.2 Å². The Balaban J connectivity index is 0.00000259. The summed E-state index contributed by atoms with van der Waals surface area (Å²) in [4.78, 5) is 27.8. The molecule has 4 rings (SSSR count). The van der Waals surface area contributed by atoms with Crippen molar-refractivity contribution in [2.24, 2.45) is 5.92 Å². The van der Waals surface area contributed by atoms with Crippen molar-refractivity contribution in [1.82, 2.24) is 10.2 Å². The maximum absolute atomic E-state index is 13.5. The van der Waals surface area contributed by atoms with E-state index in [0.29, 0.717) is 23.6 Å². The van der Waals surface area contributed by atoms with Crippen molar-refractivity contribution in [2.45, 2.75) is 89.9 Å². The van der Waals surface area contributed by atoms with Gasteiger partial charge in [0.15, 0.2) is 0 Å². The van der Waals surface area contributed by atoms with Gasteiger partial charge in [-0.05, 0) is 79.2 Å². The standard InChI is InChI=1S/C33H46N2O6S.CH4S/c1-4-24-18-26(22-41-27-11-6-5-7-12-27)35(20-24)21-25-14-15-29(30(19-25)28-13-9-8-10-23(28)2)32(36)34-31(33(37)38)16-17-42(3,39)40;1-2/h8-10,13-15,19,24,26-27,31H,4-7,11-12,16-18,20-22H2,1-3H3,(H,34,36)(H,37,38);2H,1H3. The first kappa shape index (κ1) is 36.1. The molecule has 3 unspecified atom stereocenters. The molecule has 2 fully saturated rings. The van der Waals surface area contributed by atoms with Crippen LogP contribution in [0, 0.1) is 12.8 Å². The molecule has 1 aliphatic carbocycles. The first-order valence-electron chi connectivity index (χ1n) is 15.7. The predicted octanol–water partition coefficient (Wildman–Crippen LogP) is 5.78. The Hall–Kier alpha value is -2.40. The number of aryl methyl sites for hydroxylation is 1. The Morgan fingerprint density at radius 1 is 1.09 bits per heavy atom. The molecule has 8 nitrogen and oxygen atoms in total. The molecule has 2 N–H and O–H groups in total. The van der Waals surface area contributed by atoms with Crippen LogP contribution in [-0.4, -0.2) is 79.9 Å². The fraction of sp³-hybridized carbons (Fsp3) is 0.588. The molecular weight excluding hydrogens is 597 g/mol. The zero-order chi connectivity index (χ0) is 32.3. The smallest absolute Gasteiger partial charge is 0.326 e. The lowest BCUT2D eigenvalue weighted by Gasteiger charge is -2.28. The lowest BCUT2D eigenvalue weighted by atomic mass is 9.93. The first-order chi connectivity index (χ1) is 21.0. The summed E-state index contributed by atoms with van der Waals surface area (Å²) < 4.78 is 29.7. The number of carbonyl (C=O) groups excluding carboxylic acids is 1. The third-order valence-corrected chi connectivity index (χ3v) is 9.78. The molecule has 1 aliphatic heterocycles. The Bertz CT molecular complexity index is 1340. The van der Waals surface area contributed by atoms with Gasteiger partial charge in [0.05, 0.1) is 18.5 Å². The van der Waals surface area contributed by atoms with E-state index < -0.39 is 27.8 Å². The van der Waals surface area contributed by atoms with E-state index in [2.05, 4.69) is 29.8 Å². The molecule has 0 bridgehead atoms. The molecule has 1 heterocycles. The summed E-state index contributed by atoms with van der Waals surface area (Å²) in [5, 5.41) is 12.2. The minimum atomic E-state index is -3.38. The number of sulfone groups is 1. The quantitative estimate of drug-likeness (QED) is 0.237. The van der Waals surface area contributed by atoms with Crippen LogP contribution in [0.15, 0.2) is 42.5 Å². The zero-order valence-electron chi connectivity index (χ0n) is 26.6. The van der Waals surface area contributed by atoms with Gasteiger partial charge in [-0.3, -0.25) is 9.69 Å². The van der Waals surface area contributed by atoms with Crippen molar-refractivity contribution in [2.75, 3.05) is 31.4 Å². The topological polar surface area (TPSA) is 113 Å². The summed E-state index contributed by atoms with van der Waals surface area (Å²) in [6, 6.07) is 12.6. The molecular formula is C34H50N2O6S2. The van der Waals surface area contributed by atoms with Crippen molar-refractivity contribution in [1.29, 1.82) is 0 Å². The predicted molar refractivity (Wildman–Crippen MR) is 180 cm³/mol. The number of nitrogens with zero attached hydrogens (tertiary/aromatic N) is 1. The van der Waals surface area contributed by atoms with Crippen LogP contribution >= 0.6 is 12.6 Å². The molecule has 10 heteroatoms. The summed E-state index contributed by atoms with van der Waals surface area (Å²) in [7, 11) is -3.38. The molecule has 0 aromatic heterocycles. The van der Waals surface area contributed by atoms with Crippen LogP contribution in [0.1, 0.15) is 79.8 Å². The Kier molecular flexibility index (Phi) is 14.2. The van der Waals surface area contributed by atoms with Crippen molar-refractivity contribution in [3.8, 4) is 11.1 Å². The van der Waals surface area contributed by atoms with Crippen LogP contribution < -0.4 is 5.32 Å². The van der Waals surface area contributed by atoms with Gasteiger partial charge in [-0.2, -0.15) is 12.6 Å². The highest BCUT2D eigenvalue weighted by Gasteiger charge is 2.32. The second-order valence-electron chi connectivity index (χ2n) is 12.2. The number of ether oxygens (including phenoxy) is 1. The van der Waals surface area contributed by atoms with E-state index in [1.807, 2.05) is 43.3 Å². The van der Waals surface area contributed by atoms with Crippen LogP contribution in [0.2, 0.25) is 0 Å². The van der Waals surface area contributed by atoms with Crippen molar-refractivity contribution < 1.29 is 27.9 Å². The number of aliphatic carboxylic acids is 1. The molecule has 1 saturated carbocycles. The van der Waals surface area contributed by atoms with Crippen LogP contribution in [0.25, 0.3) is 11.1 Å². The van der Waals surface area contributed by atoms with E-state index in [0.717, 1.165) is 73.9 Å². The lowest BCUT2D eigenvalue weighted by Crippen LogP contribution is -2.42. The van der Waals surface area contributed by atoms with E-state index in [9.17, 15) is 23.1 Å². The van der Waals surface area contributed by atoms with Crippen molar-refractivity contribution in [3.63, 3.8) is 0 Å². The van der Waals surface area contributed by atoms with Crippen LogP contribution in [0.3, 0.4) is 0 Å². The van der Waals surface area contributed by atoms with Gasteiger partial charge in [-0.15, -0.1) is 0 Å². The van der Waals surface area contributed by atoms with Gasteiger partial charge in [0.1, 0.15) is 15.9 Å². The largest absolute Gasteiger partial charge is 0.480 e. The molecule has 0 radical (unpaired) electrons. The summed E-state index contributed by atoms with van der Waals surface area (Å²) in [5.41, 5.74) is 4.08. The van der Waals surface area contributed by atoms with Gasteiger partial charge < -0.3 is 15.2 Å². The Morgan fingerprint density at radius 2 is 1.80 bits per heavy atom. The number of carboxylic acids is 1. The van der Waals surface area contributed by atoms with Crippen LogP contribution in [-0.2, 0) is 25.9 Å². The maximum Gasteiger partial charge on any atom is 0.326 e. The average Bonchev–Trinajstić information content (AvgIpc) is 3.40. The second kappa shape index (κ2) is 17.3. The third kappa shape index (κ3) is 10.6. The number of thiol groups is 1. The van der Waals surface area contributed by atoms with Gasteiger partial charge in [0, 0.05) is 31.0 Å². The zero-order valence-corrected chi connectivity index (χ0v) is 28.3. The van der Waals surface area contributed by atoms with Crippen LogP contribution in [0.4, 0.5) is 0 Å². The molecule has 244 valence electrons. The molecule has 2 aromatic carbocycles. The SMILES string of the molecule is CCC1CC(COC2CCCCC2)N(Cc2ccc(C(=O)NC(CCS(C)(=O)=O)C(=O)O)c(-c3ccccc3C)c2)C1.CS. The van der Waals surface area contributed by atoms with Gasteiger partial charge in [0.2, 0.25) is 0 Å². The minimum absolute atomic E-state index is 0.199. The fourth-order valence-electron chi connectivity index (χ4n) is 6.28. The molecule has 1 saturated heterocycles. The normalized spacial score (nSPS) is 20.0. The summed E-state index contributed by atoms with van der Waals surface area (Å²) in [6.45, 7) is 6.73. The fourth-order valence-corrected chi connectivity index (χ4v) is 6.94. The minimum Gasteiger partial charge on any atom is -0.480 e. The number of likely N-dealkylation sites (tertiary alicyclic amines) is 1. The number of carbonyl (C=O) groups is 2. The highest BCUT2D eigenvalue weighted by molar-refractivity contribution is 7.90. The van der Waals surface area contributed by atoms with E-state index in [-0.39, 0.29) is 12.2 Å². The molecule has 2 aromatic rings. The number of nitrogens with one attached hydrogen (secondary N) is 1.